The fourth-order valence-electron chi connectivity index (χ4n) is 3.59. The van der Waals surface area contributed by atoms with Crippen molar-refractivity contribution in [3.8, 4) is 0 Å². The second kappa shape index (κ2) is 7.85. The van der Waals surface area contributed by atoms with E-state index in [9.17, 15) is 13.2 Å². The number of likely N-dealkylation sites (tertiary alicyclic amines) is 1. The van der Waals surface area contributed by atoms with E-state index in [4.69, 9.17) is 0 Å². The number of hydrogen-bond acceptors (Lipinski definition) is 4. The Morgan fingerprint density at radius 1 is 1.04 bits per heavy atom. The maximum absolute atomic E-state index is 12.6. The summed E-state index contributed by atoms with van der Waals surface area (Å²) in [6.07, 6.45) is 4.86. The Morgan fingerprint density at radius 3 is 2.36 bits per heavy atom. The number of anilines is 1. The first-order valence-electron chi connectivity index (χ1n) is 9.06. The molecule has 2 heterocycles. The number of piperidine rings is 2. The second-order valence-electron chi connectivity index (χ2n) is 7.08. The van der Waals surface area contributed by atoms with E-state index in [0.29, 0.717) is 23.7 Å². The van der Waals surface area contributed by atoms with E-state index in [1.54, 1.807) is 28.6 Å². The maximum Gasteiger partial charge on any atom is 0.243 e. The van der Waals surface area contributed by atoms with E-state index < -0.39 is 10.0 Å². The smallest absolute Gasteiger partial charge is 0.243 e. The third kappa shape index (κ3) is 4.40. The van der Waals surface area contributed by atoms with Crippen molar-refractivity contribution in [1.82, 2.24) is 9.21 Å². The Balaban J connectivity index is 1.64. The van der Waals surface area contributed by atoms with Gasteiger partial charge >= 0.3 is 0 Å². The molecule has 2 aliphatic rings. The number of nitrogens with zero attached hydrogens (tertiary/aromatic N) is 2. The van der Waals surface area contributed by atoms with Gasteiger partial charge in [0.2, 0.25) is 15.9 Å². The van der Waals surface area contributed by atoms with E-state index in [2.05, 4.69) is 10.2 Å². The average molecular weight is 365 g/mol. The summed E-state index contributed by atoms with van der Waals surface area (Å²) in [4.78, 5) is 14.8. The third-order valence-corrected chi connectivity index (χ3v) is 6.98. The fraction of sp³-hybridized carbons (Fsp3) is 0.611. The number of hydrogen-bond donors (Lipinski definition) is 1. The van der Waals surface area contributed by atoms with E-state index in [-0.39, 0.29) is 11.8 Å². The molecule has 2 aliphatic heterocycles. The Morgan fingerprint density at radius 2 is 1.72 bits per heavy atom. The van der Waals surface area contributed by atoms with Gasteiger partial charge in [0.25, 0.3) is 0 Å². The van der Waals surface area contributed by atoms with Crippen molar-refractivity contribution in [2.45, 2.75) is 37.0 Å². The summed E-state index contributed by atoms with van der Waals surface area (Å²) in [6.45, 7) is 2.99. The minimum Gasteiger partial charge on any atom is -0.326 e. The first-order valence-corrected chi connectivity index (χ1v) is 10.5. The normalized spacial score (nSPS) is 23.3. The molecule has 2 saturated heterocycles. The summed E-state index contributed by atoms with van der Waals surface area (Å²) in [5, 5.41) is 2.92. The molecule has 1 aromatic rings. The van der Waals surface area contributed by atoms with Crippen LogP contribution in [0.5, 0.6) is 0 Å². The van der Waals surface area contributed by atoms with Gasteiger partial charge in [0.15, 0.2) is 0 Å². The highest BCUT2D eigenvalue weighted by Gasteiger charge is 2.26. The van der Waals surface area contributed by atoms with Gasteiger partial charge in [-0.15, -0.1) is 0 Å². The Hall–Kier alpha value is -1.44. The first-order chi connectivity index (χ1) is 12.0. The van der Waals surface area contributed by atoms with Gasteiger partial charge in [-0.3, -0.25) is 4.79 Å². The van der Waals surface area contributed by atoms with Gasteiger partial charge in [0.05, 0.1) is 10.8 Å². The Bertz CT molecular complexity index is 697. The average Bonchev–Trinajstić information content (AvgIpc) is 2.63. The van der Waals surface area contributed by atoms with Gasteiger partial charge in [-0.1, -0.05) is 6.42 Å². The second-order valence-corrected chi connectivity index (χ2v) is 9.02. The predicted molar refractivity (Wildman–Crippen MR) is 97.9 cm³/mol. The lowest BCUT2D eigenvalue weighted by Crippen LogP contribution is -2.38. The van der Waals surface area contributed by atoms with E-state index in [1.807, 2.05) is 7.05 Å². The van der Waals surface area contributed by atoms with Gasteiger partial charge < -0.3 is 10.2 Å². The summed E-state index contributed by atoms with van der Waals surface area (Å²) in [5.74, 6) is 0.00805. The van der Waals surface area contributed by atoms with Crippen molar-refractivity contribution in [3.05, 3.63) is 24.3 Å². The monoisotopic (exact) mass is 365 g/mol. The van der Waals surface area contributed by atoms with Crippen LogP contribution >= 0.6 is 0 Å². The van der Waals surface area contributed by atoms with Crippen molar-refractivity contribution in [2.75, 3.05) is 38.5 Å². The van der Waals surface area contributed by atoms with Crippen molar-refractivity contribution in [1.29, 1.82) is 0 Å². The molecule has 138 valence electrons. The van der Waals surface area contributed by atoms with Crippen molar-refractivity contribution < 1.29 is 13.2 Å². The highest BCUT2D eigenvalue weighted by atomic mass is 32.2. The van der Waals surface area contributed by atoms with E-state index in [0.717, 1.165) is 45.2 Å². The lowest BCUT2D eigenvalue weighted by molar-refractivity contribution is -0.121. The number of benzene rings is 1. The minimum absolute atomic E-state index is 0.00416. The summed E-state index contributed by atoms with van der Waals surface area (Å²) in [7, 11) is -1.39. The fourth-order valence-corrected chi connectivity index (χ4v) is 5.11. The van der Waals surface area contributed by atoms with Gasteiger partial charge in [0.1, 0.15) is 0 Å². The van der Waals surface area contributed by atoms with Crippen LogP contribution in [-0.4, -0.2) is 56.8 Å². The zero-order chi connectivity index (χ0) is 17.9. The lowest BCUT2D eigenvalue weighted by Gasteiger charge is -2.28. The largest absolute Gasteiger partial charge is 0.326 e. The number of carbonyl (C=O) groups excluding carboxylic acids is 1. The molecule has 7 heteroatoms. The van der Waals surface area contributed by atoms with Gasteiger partial charge in [-0.05, 0) is 63.5 Å². The molecule has 0 aromatic heterocycles. The molecule has 1 aromatic carbocycles. The number of nitrogens with one attached hydrogen (secondary N) is 1. The van der Waals surface area contributed by atoms with Crippen LogP contribution < -0.4 is 5.32 Å². The molecule has 0 aliphatic carbocycles. The Kier molecular flexibility index (Phi) is 5.76. The van der Waals surface area contributed by atoms with Crippen LogP contribution in [0.15, 0.2) is 29.2 Å². The van der Waals surface area contributed by atoms with Crippen LogP contribution in [0.25, 0.3) is 0 Å². The van der Waals surface area contributed by atoms with Crippen LogP contribution in [0.2, 0.25) is 0 Å². The molecule has 0 spiro atoms. The number of sulfonamides is 1. The zero-order valence-corrected chi connectivity index (χ0v) is 15.6. The summed E-state index contributed by atoms with van der Waals surface area (Å²) >= 11 is 0. The number of amides is 1. The van der Waals surface area contributed by atoms with Gasteiger partial charge in [0, 0.05) is 25.3 Å². The SMILES string of the molecule is CN1CCC[C@H](C(=O)Nc2ccc(S(=O)(=O)N3CCCCC3)cc2)C1. The molecule has 3 rings (SSSR count). The highest BCUT2D eigenvalue weighted by Crippen LogP contribution is 2.23. The van der Waals surface area contributed by atoms with Crippen LogP contribution in [0.1, 0.15) is 32.1 Å². The number of carbonyl (C=O) groups is 1. The zero-order valence-electron chi connectivity index (χ0n) is 14.8. The summed E-state index contributed by atoms with van der Waals surface area (Å²) in [5.41, 5.74) is 0.649. The Labute approximate surface area is 150 Å². The third-order valence-electron chi connectivity index (χ3n) is 5.07. The molecule has 1 N–H and O–H groups in total. The van der Waals surface area contributed by atoms with Crippen LogP contribution in [-0.2, 0) is 14.8 Å². The molecule has 0 radical (unpaired) electrons. The van der Waals surface area contributed by atoms with Gasteiger partial charge in [-0.25, -0.2) is 8.42 Å². The van der Waals surface area contributed by atoms with Gasteiger partial charge in [-0.2, -0.15) is 4.31 Å². The first kappa shape index (κ1) is 18.4. The molecule has 1 amide bonds. The van der Waals surface area contributed by atoms with E-state index >= 15 is 0 Å². The molecule has 0 unspecified atom stereocenters. The van der Waals surface area contributed by atoms with Crippen molar-refractivity contribution in [2.24, 2.45) is 5.92 Å². The minimum atomic E-state index is -3.42. The van der Waals surface area contributed by atoms with E-state index in [1.165, 1.54) is 0 Å². The maximum atomic E-state index is 12.6. The standard InChI is InChI=1S/C18H27N3O3S/c1-20-11-5-6-15(14-20)18(22)19-16-7-9-17(10-8-16)25(23,24)21-12-3-2-4-13-21/h7-10,15H,2-6,11-14H2,1H3,(H,19,22)/t15-/m0/s1. The van der Waals surface area contributed by atoms with Crippen LogP contribution in [0.3, 0.4) is 0 Å². The number of rotatable bonds is 4. The van der Waals surface area contributed by atoms with Crippen molar-refractivity contribution >= 4 is 21.6 Å². The van der Waals surface area contributed by atoms with Crippen LogP contribution in [0.4, 0.5) is 5.69 Å². The molecular formula is C18H27N3O3S. The molecule has 1 atom stereocenters. The lowest BCUT2D eigenvalue weighted by atomic mass is 9.97. The highest BCUT2D eigenvalue weighted by molar-refractivity contribution is 7.89. The predicted octanol–water partition coefficient (Wildman–Crippen LogP) is 2.14. The topological polar surface area (TPSA) is 69.7 Å². The molecule has 0 saturated carbocycles. The molecule has 6 nitrogen and oxygen atoms in total. The molecule has 25 heavy (non-hydrogen) atoms. The molecule has 0 bridgehead atoms. The quantitative estimate of drug-likeness (QED) is 0.888. The summed E-state index contributed by atoms with van der Waals surface area (Å²) in [6, 6.07) is 6.54. The van der Waals surface area contributed by atoms with Crippen LogP contribution in [0, 0.1) is 5.92 Å². The van der Waals surface area contributed by atoms with Crippen molar-refractivity contribution in [3.63, 3.8) is 0 Å². The molecule has 2 fully saturated rings. The molecular weight excluding hydrogens is 338 g/mol. The summed E-state index contributed by atoms with van der Waals surface area (Å²) < 4.78 is 26.8.